The van der Waals surface area contributed by atoms with E-state index in [1.54, 1.807) is 6.92 Å². The molecule has 0 aliphatic heterocycles. The van der Waals surface area contributed by atoms with Gasteiger partial charge in [-0.15, -0.1) is 0 Å². The van der Waals surface area contributed by atoms with Gasteiger partial charge < -0.3 is 9.84 Å². The first-order chi connectivity index (χ1) is 11.5. The van der Waals surface area contributed by atoms with Gasteiger partial charge >= 0.3 is 11.9 Å². The second-order valence-corrected chi connectivity index (χ2v) is 6.17. The fraction of sp³-hybridized carbons (Fsp3) is 0.737. The summed E-state index contributed by atoms with van der Waals surface area (Å²) in [4.78, 5) is 33.4. The van der Waals surface area contributed by atoms with Crippen LogP contribution >= 0.6 is 0 Å². The number of unbranched alkanes of at least 4 members (excludes halogenated alkanes) is 7. The molecule has 0 aromatic heterocycles. The van der Waals surface area contributed by atoms with Crippen molar-refractivity contribution in [1.82, 2.24) is 0 Å². The first-order valence-corrected chi connectivity index (χ1v) is 9.01. The van der Waals surface area contributed by atoms with Gasteiger partial charge in [0.05, 0.1) is 13.0 Å². The number of ketones is 1. The monoisotopic (exact) mass is 340 g/mol. The third-order valence-electron chi connectivity index (χ3n) is 3.74. The van der Waals surface area contributed by atoms with E-state index < -0.39 is 5.97 Å². The first-order valence-electron chi connectivity index (χ1n) is 9.01. The summed E-state index contributed by atoms with van der Waals surface area (Å²) in [6.07, 6.45) is 9.31. The third kappa shape index (κ3) is 15.3. The van der Waals surface area contributed by atoms with Gasteiger partial charge in [0.15, 0.2) is 0 Å². The number of ether oxygens (including phenoxy) is 1. The van der Waals surface area contributed by atoms with Gasteiger partial charge in [0, 0.05) is 19.3 Å². The summed E-state index contributed by atoms with van der Waals surface area (Å²) in [7, 11) is 0. The fourth-order valence-corrected chi connectivity index (χ4v) is 2.50. The molecule has 0 bridgehead atoms. The van der Waals surface area contributed by atoms with Crippen LogP contribution in [0.15, 0.2) is 12.2 Å². The largest absolute Gasteiger partial charge is 0.481 e. The maximum absolute atomic E-state index is 11.8. The van der Waals surface area contributed by atoms with Crippen LogP contribution in [0.5, 0.6) is 0 Å². The molecule has 0 fully saturated rings. The Morgan fingerprint density at radius 2 is 1.33 bits per heavy atom. The Morgan fingerprint density at radius 3 is 1.83 bits per heavy atom. The van der Waals surface area contributed by atoms with Crippen LogP contribution in [0.2, 0.25) is 0 Å². The lowest BCUT2D eigenvalue weighted by atomic mass is 10.0. The number of hydrogen-bond acceptors (Lipinski definition) is 4. The Kier molecular flexibility index (Phi) is 13.9. The molecular formula is C19H32O5. The van der Waals surface area contributed by atoms with E-state index in [2.05, 4.69) is 6.58 Å². The van der Waals surface area contributed by atoms with Gasteiger partial charge in [-0.25, -0.2) is 0 Å². The highest BCUT2D eigenvalue weighted by Crippen LogP contribution is 2.13. The molecule has 0 aromatic carbocycles. The van der Waals surface area contributed by atoms with Crippen LogP contribution in [0.1, 0.15) is 84.0 Å². The van der Waals surface area contributed by atoms with Crippen molar-refractivity contribution in [2.75, 3.05) is 6.61 Å². The number of carbonyl (C=O) groups is 3. The van der Waals surface area contributed by atoms with Crippen molar-refractivity contribution in [3.8, 4) is 0 Å². The molecule has 0 saturated carbocycles. The summed E-state index contributed by atoms with van der Waals surface area (Å²) in [5.74, 6) is -0.902. The predicted molar refractivity (Wildman–Crippen MR) is 93.8 cm³/mol. The van der Waals surface area contributed by atoms with E-state index in [4.69, 9.17) is 9.84 Å². The Labute approximate surface area is 145 Å². The van der Waals surface area contributed by atoms with Crippen LogP contribution in [-0.4, -0.2) is 29.4 Å². The standard InChI is InChI=1S/C19H32O5/c1-3-24-19(23)15-16(2)14-17(20)12-10-8-6-4-5-7-9-11-13-18(21)22/h2-15H2,1H3,(H,21,22). The smallest absolute Gasteiger partial charge is 0.309 e. The molecule has 0 saturated heterocycles. The van der Waals surface area contributed by atoms with Crippen molar-refractivity contribution >= 4 is 17.7 Å². The van der Waals surface area contributed by atoms with Gasteiger partial charge in [0.25, 0.3) is 0 Å². The van der Waals surface area contributed by atoms with Crippen LogP contribution in [-0.2, 0) is 19.1 Å². The van der Waals surface area contributed by atoms with E-state index in [1.807, 2.05) is 0 Å². The molecule has 5 nitrogen and oxygen atoms in total. The van der Waals surface area contributed by atoms with E-state index in [-0.39, 0.29) is 31.0 Å². The number of rotatable bonds is 16. The van der Waals surface area contributed by atoms with Crippen LogP contribution < -0.4 is 0 Å². The van der Waals surface area contributed by atoms with Crippen molar-refractivity contribution in [3.05, 3.63) is 12.2 Å². The summed E-state index contributed by atoms with van der Waals surface area (Å²) in [6, 6.07) is 0. The molecule has 0 spiro atoms. The lowest BCUT2D eigenvalue weighted by Gasteiger charge is -2.05. The molecule has 24 heavy (non-hydrogen) atoms. The zero-order valence-electron chi connectivity index (χ0n) is 15.0. The van der Waals surface area contributed by atoms with Crippen LogP contribution in [0, 0.1) is 0 Å². The van der Waals surface area contributed by atoms with E-state index in [0.717, 1.165) is 51.4 Å². The van der Waals surface area contributed by atoms with E-state index in [9.17, 15) is 14.4 Å². The second-order valence-electron chi connectivity index (χ2n) is 6.17. The maximum atomic E-state index is 11.8. The third-order valence-corrected chi connectivity index (χ3v) is 3.74. The highest BCUT2D eigenvalue weighted by atomic mass is 16.5. The number of aliphatic carboxylic acids is 1. The molecular weight excluding hydrogens is 308 g/mol. The van der Waals surface area contributed by atoms with E-state index >= 15 is 0 Å². The maximum Gasteiger partial charge on any atom is 0.309 e. The quantitative estimate of drug-likeness (QED) is 0.255. The summed E-state index contributed by atoms with van der Waals surface area (Å²) in [5.41, 5.74) is 0.625. The Morgan fingerprint density at radius 1 is 0.833 bits per heavy atom. The molecule has 138 valence electrons. The zero-order chi connectivity index (χ0) is 18.2. The molecule has 0 aromatic rings. The lowest BCUT2D eigenvalue weighted by Crippen LogP contribution is -2.07. The number of hydrogen-bond donors (Lipinski definition) is 1. The first kappa shape index (κ1) is 22.4. The van der Waals surface area contributed by atoms with Crippen LogP contribution in [0.25, 0.3) is 0 Å². The lowest BCUT2D eigenvalue weighted by molar-refractivity contribution is -0.142. The van der Waals surface area contributed by atoms with Crippen molar-refractivity contribution < 1.29 is 24.2 Å². The van der Waals surface area contributed by atoms with E-state index in [0.29, 0.717) is 18.6 Å². The molecule has 0 rings (SSSR count). The summed E-state index contributed by atoms with van der Waals surface area (Å²) >= 11 is 0. The van der Waals surface area contributed by atoms with Gasteiger partial charge in [-0.2, -0.15) is 0 Å². The minimum absolute atomic E-state index is 0.126. The number of carbonyl (C=O) groups excluding carboxylic acids is 2. The minimum atomic E-state index is -0.718. The number of Topliss-reactive ketones (excluding diaryl/α,β-unsaturated/α-hetero) is 1. The van der Waals surface area contributed by atoms with Crippen molar-refractivity contribution in [2.45, 2.75) is 84.0 Å². The predicted octanol–water partition coefficient (Wildman–Crippen LogP) is 4.44. The minimum Gasteiger partial charge on any atom is -0.481 e. The van der Waals surface area contributed by atoms with Gasteiger partial charge in [-0.05, 0) is 19.8 Å². The molecule has 5 heteroatoms. The fourth-order valence-electron chi connectivity index (χ4n) is 2.50. The molecule has 0 aliphatic carbocycles. The summed E-state index contributed by atoms with van der Waals surface area (Å²) < 4.78 is 4.83. The molecule has 0 aliphatic rings. The second kappa shape index (κ2) is 14.9. The normalized spacial score (nSPS) is 10.4. The topological polar surface area (TPSA) is 80.7 Å². The number of esters is 1. The van der Waals surface area contributed by atoms with Gasteiger partial charge in [-0.1, -0.05) is 50.7 Å². The highest BCUT2D eigenvalue weighted by molar-refractivity contribution is 5.82. The van der Waals surface area contributed by atoms with Gasteiger partial charge in [0.2, 0.25) is 0 Å². The van der Waals surface area contributed by atoms with Crippen LogP contribution in [0.4, 0.5) is 0 Å². The molecule has 0 atom stereocenters. The Balaban J connectivity index is 3.44. The van der Waals surface area contributed by atoms with Gasteiger partial charge in [-0.3, -0.25) is 14.4 Å². The van der Waals surface area contributed by atoms with Crippen LogP contribution in [0.3, 0.4) is 0 Å². The molecule has 0 amide bonds. The number of carboxylic acid groups (broad SMARTS) is 1. The molecule has 0 unspecified atom stereocenters. The zero-order valence-corrected chi connectivity index (χ0v) is 15.0. The SMILES string of the molecule is C=C(CC(=O)CCCCCCCCCCC(=O)O)CC(=O)OCC. The van der Waals surface area contributed by atoms with Gasteiger partial charge in [0.1, 0.15) is 5.78 Å². The highest BCUT2D eigenvalue weighted by Gasteiger charge is 2.09. The molecule has 0 heterocycles. The Hall–Kier alpha value is -1.65. The summed E-state index contributed by atoms with van der Waals surface area (Å²) in [6.45, 7) is 5.86. The van der Waals surface area contributed by atoms with Crippen molar-refractivity contribution in [1.29, 1.82) is 0 Å². The van der Waals surface area contributed by atoms with E-state index in [1.165, 1.54) is 0 Å². The number of carboxylic acids is 1. The average molecular weight is 340 g/mol. The van der Waals surface area contributed by atoms with Crippen molar-refractivity contribution in [3.63, 3.8) is 0 Å². The summed E-state index contributed by atoms with van der Waals surface area (Å²) in [5, 5.41) is 8.52. The van der Waals surface area contributed by atoms with Crippen molar-refractivity contribution in [2.24, 2.45) is 0 Å². The molecule has 0 radical (unpaired) electrons. The average Bonchev–Trinajstić information content (AvgIpc) is 2.48. The molecule has 1 N–H and O–H groups in total. The Bertz CT molecular complexity index is 401.